The predicted octanol–water partition coefficient (Wildman–Crippen LogP) is 6.97. The Morgan fingerprint density at radius 3 is 1.96 bits per heavy atom. The molecule has 0 bridgehead atoms. The van der Waals surface area contributed by atoms with Crippen molar-refractivity contribution in [2.75, 3.05) is 0 Å². The van der Waals surface area contributed by atoms with Crippen molar-refractivity contribution >= 4 is 48.2 Å². The summed E-state index contributed by atoms with van der Waals surface area (Å²) in [5.74, 6) is 0. The third-order valence-corrected chi connectivity index (χ3v) is 5.29. The number of halogens is 1. The highest BCUT2D eigenvalue weighted by Gasteiger charge is 2.10. The monoisotopic (exact) mass is 383 g/mol. The molecule has 0 N–H and O–H groups in total. The summed E-state index contributed by atoms with van der Waals surface area (Å²) in [6.07, 6.45) is 3.73. The SMILES string of the molecule is Brc1ccc2c3ccc(-c4cccnc4)cc3c3ccccc3c2c1. The fourth-order valence-electron chi connectivity index (χ4n) is 3.64. The van der Waals surface area contributed by atoms with Gasteiger partial charge in [-0.1, -0.05) is 64.5 Å². The van der Waals surface area contributed by atoms with Crippen LogP contribution in [0.15, 0.2) is 89.7 Å². The topological polar surface area (TPSA) is 12.9 Å². The summed E-state index contributed by atoms with van der Waals surface area (Å²) in [6.45, 7) is 0. The lowest BCUT2D eigenvalue weighted by Gasteiger charge is -2.12. The number of aromatic nitrogens is 1. The van der Waals surface area contributed by atoms with Gasteiger partial charge in [-0.25, -0.2) is 0 Å². The molecule has 0 fully saturated rings. The molecule has 25 heavy (non-hydrogen) atoms. The molecular formula is C23H14BrN. The Balaban J connectivity index is 1.96. The van der Waals surface area contributed by atoms with Crippen molar-refractivity contribution in [2.24, 2.45) is 0 Å². The molecular weight excluding hydrogens is 370 g/mol. The van der Waals surface area contributed by atoms with Crippen LogP contribution < -0.4 is 0 Å². The summed E-state index contributed by atoms with van der Waals surface area (Å²) in [5.41, 5.74) is 2.34. The number of hydrogen-bond acceptors (Lipinski definition) is 1. The first kappa shape index (κ1) is 14.6. The van der Waals surface area contributed by atoms with Crippen molar-refractivity contribution < 1.29 is 0 Å². The second kappa shape index (κ2) is 5.68. The van der Waals surface area contributed by atoms with E-state index in [4.69, 9.17) is 0 Å². The number of rotatable bonds is 1. The summed E-state index contributed by atoms with van der Waals surface area (Å²) in [6, 6.07) is 26.0. The standard InChI is InChI=1S/C23H14BrN/c24-17-8-10-21-20-9-7-15(16-4-3-11-25-14-16)12-22(20)18-5-1-2-6-19(18)23(21)13-17/h1-14H. The van der Waals surface area contributed by atoms with Gasteiger partial charge < -0.3 is 0 Å². The fourth-order valence-corrected chi connectivity index (χ4v) is 4.00. The quantitative estimate of drug-likeness (QED) is 0.284. The molecule has 4 aromatic carbocycles. The molecule has 0 atom stereocenters. The minimum Gasteiger partial charge on any atom is -0.264 e. The number of benzene rings is 4. The summed E-state index contributed by atoms with van der Waals surface area (Å²) < 4.78 is 1.11. The molecule has 0 aliphatic rings. The molecule has 1 aromatic heterocycles. The third-order valence-electron chi connectivity index (χ3n) is 4.79. The van der Waals surface area contributed by atoms with Crippen LogP contribution in [0.2, 0.25) is 0 Å². The van der Waals surface area contributed by atoms with Gasteiger partial charge in [0.15, 0.2) is 0 Å². The molecule has 5 aromatic rings. The Labute approximate surface area is 154 Å². The van der Waals surface area contributed by atoms with Crippen molar-refractivity contribution in [3.8, 4) is 11.1 Å². The molecule has 0 amide bonds. The van der Waals surface area contributed by atoms with E-state index in [9.17, 15) is 0 Å². The average Bonchev–Trinajstić information content (AvgIpc) is 2.68. The Kier molecular flexibility index (Phi) is 3.32. The van der Waals surface area contributed by atoms with Gasteiger partial charge in [0, 0.05) is 22.4 Å². The molecule has 118 valence electrons. The van der Waals surface area contributed by atoms with Crippen molar-refractivity contribution in [1.29, 1.82) is 0 Å². The highest BCUT2D eigenvalue weighted by molar-refractivity contribution is 9.10. The van der Waals surface area contributed by atoms with Crippen molar-refractivity contribution in [3.63, 3.8) is 0 Å². The van der Waals surface area contributed by atoms with Crippen molar-refractivity contribution in [2.45, 2.75) is 0 Å². The summed E-state index contributed by atoms with van der Waals surface area (Å²) >= 11 is 3.62. The smallest absolute Gasteiger partial charge is 0.0346 e. The number of nitrogens with zero attached hydrogens (tertiary/aromatic N) is 1. The second-order valence-corrected chi connectivity index (χ2v) is 7.15. The Morgan fingerprint density at radius 1 is 0.560 bits per heavy atom. The van der Waals surface area contributed by atoms with E-state index in [0.29, 0.717) is 0 Å². The molecule has 0 aliphatic heterocycles. The number of fused-ring (bicyclic) bond motifs is 6. The van der Waals surface area contributed by atoms with Gasteiger partial charge >= 0.3 is 0 Å². The maximum Gasteiger partial charge on any atom is 0.0346 e. The summed E-state index contributed by atoms with van der Waals surface area (Å²) in [7, 11) is 0. The number of hydrogen-bond donors (Lipinski definition) is 0. The molecule has 0 saturated carbocycles. The maximum atomic E-state index is 4.26. The molecule has 1 heterocycles. The summed E-state index contributed by atoms with van der Waals surface area (Å²) in [5, 5.41) is 7.71. The molecule has 0 saturated heterocycles. The first-order valence-corrected chi connectivity index (χ1v) is 9.05. The molecule has 1 nitrogen and oxygen atoms in total. The highest BCUT2D eigenvalue weighted by atomic mass is 79.9. The van der Waals surface area contributed by atoms with Gasteiger partial charge in [0.1, 0.15) is 0 Å². The van der Waals surface area contributed by atoms with Crippen LogP contribution in [0.1, 0.15) is 0 Å². The molecule has 5 rings (SSSR count). The van der Waals surface area contributed by atoms with E-state index in [1.807, 2.05) is 18.5 Å². The first-order chi connectivity index (χ1) is 12.3. The van der Waals surface area contributed by atoms with Gasteiger partial charge in [-0.2, -0.15) is 0 Å². The van der Waals surface area contributed by atoms with Gasteiger partial charge in [-0.3, -0.25) is 4.98 Å². The molecule has 2 heteroatoms. The van der Waals surface area contributed by atoms with Crippen LogP contribution in [0.3, 0.4) is 0 Å². The zero-order valence-corrected chi connectivity index (χ0v) is 15.0. The summed E-state index contributed by atoms with van der Waals surface area (Å²) in [4.78, 5) is 4.26. The van der Waals surface area contributed by atoms with Gasteiger partial charge in [-0.05, 0) is 62.1 Å². The van der Waals surface area contributed by atoms with Crippen molar-refractivity contribution in [3.05, 3.63) is 89.7 Å². The van der Waals surface area contributed by atoms with Gasteiger partial charge in [-0.15, -0.1) is 0 Å². The lowest BCUT2D eigenvalue weighted by Crippen LogP contribution is -1.85. The van der Waals surface area contributed by atoms with E-state index in [-0.39, 0.29) is 0 Å². The Bertz CT molecular complexity index is 1220. The van der Waals surface area contributed by atoms with E-state index >= 15 is 0 Å². The van der Waals surface area contributed by atoms with E-state index in [1.165, 1.54) is 37.9 Å². The third kappa shape index (κ3) is 2.33. The van der Waals surface area contributed by atoms with Gasteiger partial charge in [0.25, 0.3) is 0 Å². The largest absolute Gasteiger partial charge is 0.264 e. The van der Waals surface area contributed by atoms with E-state index in [1.54, 1.807) is 0 Å². The molecule has 0 radical (unpaired) electrons. The Morgan fingerprint density at radius 2 is 1.24 bits per heavy atom. The fraction of sp³-hybridized carbons (Fsp3) is 0. The second-order valence-electron chi connectivity index (χ2n) is 6.24. The van der Waals surface area contributed by atoms with Crippen LogP contribution in [0.4, 0.5) is 0 Å². The van der Waals surface area contributed by atoms with E-state index < -0.39 is 0 Å². The van der Waals surface area contributed by atoms with Gasteiger partial charge in [0.2, 0.25) is 0 Å². The van der Waals surface area contributed by atoms with Crippen LogP contribution in [-0.4, -0.2) is 4.98 Å². The minimum atomic E-state index is 1.11. The zero-order valence-electron chi connectivity index (χ0n) is 13.4. The lowest BCUT2D eigenvalue weighted by molar-refractivity contribution is 1.33. The lowest BCUT2D eigenvalue weighted by atomic mass is 9.92. The van der Waals surface area contributed by atoms with Crippen LogP contribution in [-0.2, 0) is 0 Å². The predicted molar refractivity (Wildman–Crippen MR) is 110 cm³/mol. The van der Waals surface area contributed by atoms with Crippen LogP contribution in [0.5, 0.6) is 0 Å². The van der Waals surface area contributed by atoms with Gasteiger partial charge in [0.05, 0.1) is 0 Å². The normalized spacial score (nSPS) is 11.4. The maximum absolute atomic E-state index is 4.26. The Hall–Kier alpha value is -2.71. The molecule has 0 aliphatic carbocycles. The number of pyridine rings is 1. The first-order valence-electron chi connectivity index (χ1n) is 8.25. The molecule has 0 unspecified atom stereocenters. The van der Waals surface area contributed by atoms with Crippen LogP contribution in [0, 0.1) is 0 Å². The minimum absolute atomic E-state index is 1.11. The van der Waals surface area contributed by atoms with Crippen molar-refractivity contribution in [1.82, 2.24) is 4.98 Å². The van der Waals surface area contributed by atoms with Crippen LogP contribution in [0.25, 0.3) is 43.4 Å². The van der Waals surface area contributed by atoms with E-state index in [2.05, 4.69) is 87.6 Å². The molecule has 0 spiro atoms. The van der Waals surface area contributed by atoms with E-state index in [0.717, 1.165) is 10.0 Å². The highest BCUT2D eigenvalue weighted by Crippen LogP contribution is 2.37. The average molecular weight is 384 g/mol. The van der Waals surface area contributed by atoms with Crippen LogP contribution >= 0.6 is 15.9 Å². The zero-order chi connectivity index (χ0) is 16.8.